The minimum atomic E-state index is -3.59. The first-order chi connectivity index (χ1) is 7.94. The van der Waals surface area contributed by atoms with Crippen molar-refractivity contribution in [1.29, 1.82) is 0 Å². The monoisotopic (exact) mass is 265 g/mol. The van der Waals surface area contributed by atoms with Crippen molar-refractivity contribution in [2.24, 2.45) is 0 Å². The summed E-state index contributed by atoms with van der Waals surface area (Å²) in [5, 5.41) is 8.87. The third-order valence-corrected chi connectivity index (χ3v) is 4.08. The quantitative estimate of drug-likeness (QED) is 0.692. The highest BCUT2D eigenvalue weighted by Crippen LogP contribution is 2.14. The third kappa shape index (κ3) is 5.01. The van der Waals surface area contributed by atoms with E-state index in [-0.39, 0.29) is 11.9 Å². The lowest BCUT2D eigenvalue weighted by atomic mass is 10.2. The number of aliphatic carboxylic acids is 1. The molecule has 0 spiro atoms. The van der Waals surface area contributed by atoms with Gasteiger partial charge in [0.05, 0.1) is 11.9 Å². The van der Waals surface area contributed by atoms with Crippen molar-refractivity contribution < 1.29 is 23.1 Å². The zero-order valence-electron chi connectivity index (χ0n) is 9.89. The van der Waals surface area contributed by atoms with Crippen LogP contribution in [-0.2, 0) is 19.6 Å². The maximum absolute atomic E-state index is 11.7. The van der Waals surface area contributed by atoms with Gasteiger partial charge in [-0.05, 0) is 19.3 Å². The van der Waals surface area contributed by atoms with Crippen LogP contribution in [0.5, 0.6) is 0 Å². The van der Waals surface area contributed by atoms with Gasteiger partial charge in [-0.1, -0.05) is 13.3 Å². The van der Waals surface area contributed by atoms with Crippen LogP contribution in [0.25, 0.3) is 0 Å². The van der Waals surface area contributed by atoms with Gasteiger partial charge in [0.1, 0.15) is 6.04 Å². The molecule has 0 aromatic carbocycles. The lowest BCUT2D eigenvalue weighted by Gasteiger charge is -2.16. The molecule has 1 aliphatic heterocycles. The summed E-state index contributed by atoms with van der Waals surface area (Å²) in [6.07, 6.45) is 2.17. The molecule has 0 aromatic heterocycles. The van der Waals surface area contributed by atoms with E-state index >= 15 is 0 Å². The van der Waals surface area contributed by atoms with Gasteiger partial charge in [0.2, 0.25) is 10.0 Å². The second kappa shape index (κ2) is 6.32. The van der Waals surface area contributed by atoms with E-state index in [4.69, 9.17) is 9.84 Å². The molecule has 0 aromatic rings. The van der Waals surface area contributed by atoms with Gasteiger partial charge in [-0.25, -0.2) is 13.1 Å². The highest BCUT2D eigenvalue weighted by molar-refractivity contribution is 7.89. The fourth-order valence-electron chi connectivity index (χ4n) is 1.81. The zero-order chi connectivity index (χ0) is 12.9. The van der Waals surface area contributed by atoms with E-state index in [1.807, 2.05) is 6.92 Å². The normalized spacial score (nSPS) is 22.5. The Morgan fingerprint density at radius 3 is 2.76 bits per heavy atom. The van der Waals surface area contributed by atoms with Crippen LogP contribution >= 0.6 is 0 Å². The predicted molar refractivity (Wildman–Crippen MR) is 62.2 cm³/mol. The number of ether oxygens (including phenoxy) is 1. The van der Waals surface area contributed by atoms with Gasteiger partial charge in [-0.15, -0.1) is 0 Å². The van der Waals surface area contributed by atoms with E-state index in [1.54, 1.807) is 0 Å². The molecular formula is C10H19NO5S. The molecule has 0 amide bonds. The van der Waals surface area contributed by atoms with Crippen molar-refractivity contribution in [3.8, 4) is 0 Å². The maximum Gasteiger partial charge on any atom is 0.321 e. The SMILES string of the molecule is CCC[C@H](NS(=O)(=O)CC1CCCO1)C(=O)O. The number of carboxylic acids is 1. The summed E-state index contributed by atoms with van der Waals surface area (Å²) in [4.78, 5) is 10.8. The number of sulfonamides is 1. The summed E-state index contributed by atoms with van der Waals surface area (Å²) in [6, 6.07) is -1.04. The Morgan fingerprint density at radius 2 is 2.29 bits per heavy atom. The van der Waals surface area contributed by atoms with Crippen LogP contribution in [0, 0.1) is 0 Å². The number of hydrogen-bond donors (Lipinski definition) is 2. The van der Waals surface area contributed by atoms with Crippen molar-refractivity contribution >= 4 is 16.0 Å². The van der Waals surface area contributed by atoms with E-state index in [1.165, 1.54) is 0 Å². The molecule has 1 aliphatic rings. The van der Waals surface area contributed by atoms with Crippen molar-refractivity contribution in [3.05, 3.63) is 0 Å². The summed E-state index contributed by atoms with van der Waals surface area (Å²) < 4.78 is 30.9. The van der Waals surface area contributed by atoms with E-state index in [2.05, 4.69) is 4.72 Å². The highest BCUT2D eigenvalue weighted by Gasteiger charge is 2.27. The second-order valence-electron chi connectivity index (χ2n) is 4.21. The molecule has 1 saturated heterocycles. The highest BCUT2D eigenvalue weighted by atomic mass is 32.2. The van der Waals surface area contributed by atoms with E-state index < -0.39 is 22.0 Å². The number of carbonyl (C=O) groups is 1. The predicted octanol–water partition coefficient (Wildman–Crippen LogP) is 0.338. The first kappa shape index (κ1) is 14.4. The van der Waals surface area contributed by atoms with Crippen LogP contribution in [0.15, 0.2) is 0 Å². The van der Waals surface area contributed by atoms with Gasteiger partial charge in [0, 0.05) is 6.61 Å². The first-order valence-corrected chi connectivity index (χ1v) is 7.44. The summed E-state index contributed by atoms with van der Waals surface area (Å²) in [5.41, 5.74) is 0. The minimum absolute atomic E-state index is 0.152. The molecule has 17 heavy (non-hydrogen) atoms. The van der Waals surface area contributed by atoms with Crippen LogP contribution in [-0.4, -0.2) is 44.0 Å². The van der Waals surface area contributed by atoms with Crippen LogP contribution in [0.4, 0.5) is 0 Å². The summed E-state index contributed by atoms with van der Waals surface area (Å²) >= 11 is 0. The second-order valence-corrected chi connectivity index (χ2v) is 6.01. The van der Waals surface area contributed by atoms with Gasteiger partial charge in [-0.3, -0.25) is 4.79 Å². The Labute approximate surface area is 101 Å². The first-order valence-electron chi connectivity index (χ1n) is 5.79. The van der Waals surface area contributed by atoms with Gasteiger partial charge in [0.15, 0.2) is 0 Å². The van der Waals surface area contributed by atoms with Gasteiger partial charge in [0.25, 0.3) is 0 Å². The Balaban J connectivity index is 2.53. The molecule has 1 rings (SSSR count). The molecule has 7 heteroatoms. The molecule has 0 saturated carbocycles. The Morgan fingerprint density at radius 1 is 1.59 bits per heavy atom. The Bertz CT molecular complexity index is 348. The largest absolute Gasteiger partial charge is 0.480 e. The zero-order valence-corrected chi connectivity index (χ0v) is 10.7. The van der Waals surface area contributed by atoms with Gasteiger partial charge < -0.3 is 9.84 Å². The lowest BCUT2D eigenvalue weighted by Crippen LogP contribution is -2.43. The molecule has 1 fully saturated rings. The molecule has 0 radical (unpaired) electrons. The van der Waals surface area contributed by atoms with Gasteiger partial charge >= 0.3 is 5.97 Å². The van der Waals surface area contributed by atoms with Crippen molar-refractivity contribution in [3.63, 3.8) is 0 Å². The van der Waals surface area contributed by atoms with Crippen molar-refractivity contribution in [1.82, 2.24) is 4.72 Å². The molecule has 2 N–H and O–H groups in total. The van der Waals surface area contributed by atoms with E-state index in [0.717, 1.165) is 6.42 Å². The fraction of sp³-hybridized carbons (Fsp3) is 0.900. The van der Waals surface area contributed by atoms with Gasteiger partial charge in [-0.2, -0.15) is 0 Å². The fourth-order valence-corrected chi connectivity index (χ4v) is 3.31. The van der Waals surface area contributed by atoms with Crippen LogP contribution in [0.2, 0.25) is 0 Å². The van der Waals surface area contributed by atoms with Crippen molar-refractivity contribution in [2.75, 3.05) is 12.4 Å². The minimum Gasteiger partial charge on any atom is -0.480 e. The average molecular weight is 265 g/mol. The summed E-state index contributed by atoms with van der Waals surface area (Å²) in [7, 11) is -3.59. The van der Waals surface area contributed by atoms with Crippen LogP contribution in [0.3, 0.4) is 0 Å². The number of rotatable bonds is 7. The Kier molecular flexibility index (Phi) is 5.35. The molecule has 0 bridgehead atoms. The molecule has 1 heterocycles. The topological polar surface area (TPSA) is 92.7 Å². The summed E-state index contributed by atoms with van der Waals surface area (Å²) in [6.45, 7) is 2.39. The maximum atomic E-state index is 11.7. The molecule has 1 unspecified atom stereocenters. The van der Waals surface area contributed by atoms with E-state index in [0.29, 0.717) is 25.9 Å². The standard InChI is InChI=1S/C10H19NO5S/c1-2-4-9(10(12)13)11-17(14,15)7-8-5-3-6-16-8/h8-9,11H,2-7H2,1H3,(H,12,13)/t8?,9-/m0/s1. The van der Waals surface area contributed by atoms with Crippen LogP contribution < -0.4 is 4.72 Å². The number of hydrogen-bond acceptors (Lipinski definition) is 4. The van der Waals surface area contributed by atoms with Crippen molar-refractivity contribution in [2.45, 2.75) is 44.8 Å². The van der Waals surface area contributed by atoms with Crippen LogP contribution in [0.1, 0.15) is 32.6 Å². The Hall–Kier alpha value is -0.660. The van der Waals surface area contributed by atoms with E-state index in [9.17, 15) is 13.2 Å². The molecule has 6 nitrogen and oxygen atoms in total. The number of nitrogens with one attached hydrogen (secondary N) is 1. The molecule has 0 aliphatic carbocycles. The lowest BCUT2D eigenvalue weighted by molar-refractivity contribution is -0.139. The number of carboxylic acid groups (broad SMARTS) is 1. The molecule has 100 valence electrons. The smallest absolute Gasteiger partial charge is 0.321 e. The third-order valence-electron chi connectivity index (χ3n) is 2.63. The average Bonchev–Trinajstić information content (AvgIpc) is 2.68. The molecule has 2 atom stereocenters. The summed E-state index contributed by atoms with van der Waals surface area (Å²) in [5.74, 6) is -1.29. The molecular weight excluding hydrogens is 246 g/mol.